The first kappa shape index (κ1) is 26.7. The van der Waals surface area contributed by atoms with Gasteiger partial charge in [-0.1, -0.05) is 24.3 Å². The number of nitrogens with zero attached hydrogens (tertiary/aromatic N) is 5. The van der Waals surface area contributed by atoms with Crippen LogP contribution in [0.3, 0.4) is 0 Å². The van der Waals surface area contributed by atoms with Crippen LogP contribution in [0.4, 0.5) is 5.95 Å². The van der Waals surface area contributed by atoms with E-state index < -0.39 is 20.0 Å². The number of hydrogen-bond acceptors (Lipinski definition) is 8. The Morgan fingerprint density at radius 3 is 2.21 bits per heavy atom. The van der Waals surface area contributed by atoms with Gasteiger partial charge in [0.25, 0.3) is 5.56 Å². The quantitative estimate of drug-likeness (QED) is 0.482. The van der Waals surface area contributed by atoms with Gasteiger partial charge < -0.3 is 5.32 Å². The monoisotopic (exact) mass is 560 g/mol. The molecule has 11 nitrogen and oxygen atoms in total. The maximum atomic E-state index is 14.0. The van der Waals surface area contributed by atoms with E-state index in [4.69, 9.17) is 4.98 Å². The predicted octanol–water partition coefficient (Wildman–Crippen LogP) is 1.81. The number of pyridine rings is 1. The molecular formula is C25H32N6O5S2. The SMILES string of the molecule is Cc1ccccc1-c1cc2cnc(NC3CCN(S(C)(=O)=O)CC3)nc2n([C@H]2CCN(S(C)(=O)=O)C2)c1=O. The Morgan fingerprint density at radius 2 is 1.58 bits per heavy atom. The molecule has 2 saturated heterocycles. The van der Waals surface area contributed by atoms with Crippen LogP contribution in [-0.2, 0) is 20.0 Å². The zero-order chi connectivity index (χ0) is 27.2. The molecule has 1 atom stereocenters. The first-order valence-electron chi connectivity index (χ1n) is 12.6. The van der Waals surface area contributed by atoms with Gasteiger partial charge in [0.1, 0.15) is 5.65 Å². The third kappa shape index (κ3) is 5.33. The van der Waals surface area contributed by atoms with Crippen molar-refractivity contribution >= 4 is 37.0 Å². The summed E-state index contributed by atoms with van der Waals surface area (Å²) in [6.45, 7) is 3.31. The highest BCUT2D eigenvalue weighted by molar-refractivity contribution is 7.88. The Labute approximate surface area is 222 Å². The molecule has 204 valence electrons. The molecule has 2 aliphatic rings. The molecule has 1 N–H and O–H groups in total. The summed E-state index contributed by atoms with van der Waals surface area (Å²) in [6.07, 6.45) is 5.79. The highest BCUT2D eigenvalue weighted by Gasteiger charge is 2.32. The molecule has 2 aliphatic heterocycles. The summed E-state index contributed by atoms with van der Waals surface area (Å²) in [5.41, 5.74) is 2.51. The number of rotatable bonds is 6. The van der Waals surface area contributed by atoms with Crippen molar-refractivity contribution in [2.75, 3.05) is 44.0 Å². The molecule has 38 heavy (non-hydrogen) atoms. The topological polar surface area (TPSA) is 135 Å². The third-order valence-electron chi connectivity index (χ3n) is 7.42. The van der Waals surface area contributed by atoms with Crippen molar-refractivity contribution in [3.05, 3.63) is 52.4 Å². The fourth-order valence-electron chi connectivity index (χ4n) is 5.33. The standard InChI is InChI=1S/C25H32N6O5S2/c1-17-6-4-5-7-21(17)22-14-18-15-26-25(27-19-8-11-29(12-9-19)37(2,33)34)28-23(18)31(24(22)32)20-10-13-30(16-20)38(3,35)36/h4-7,14-15,19-20H,8-13,16H2,1-3H3,(H,26,27,28)/t20-/m0/s1. The minimum Gasteiger partial charge on any atom is -0.351 e. The van der Waals surface area contributed by atoms with Gasteiger partial charge in [0.05, 0.1) is 18.6 Å². The molecule has 0 bridgehead atoms. The van der Waals surface area contributed by atoms with E-state index in [0.717, 1.165) is 11.1 Å². The van der Waals surface area contributed by atoms with Crippen LogP contribution in [0.1, 0.15) is 30.9 Å². The van der Waals surface area contributed by atoms with Crippen molar-refractivity contribution in [2.45, 2.75) is 38.3 Å². The Kier molecular flexibility index (Phi) is 7.05. The van der Waals surface area contributed by atoms with Crippen molar-refractivity contribution in [3.8, 4) is 11.1 Å². The molecule has 0 spiro atoms. The van der Waals surface area contributed by atoms with Gasteiger partial charge in [-0.05, 0) is 43.4 Å². The number of anilines is 1. The Bertz CT molecular complexity index is 1650. The van der Waals surface area contributed by atoms with Crippen molar-refractivity contribution < 1.29 is 16.8 Å². The molecule has 5 rings (SSSR count). The second-order valence-electron chi connectivity index (χ2n) is 10.2. The highest BCUT2D eigenvalue weighted by Crippen LogP contribution is 2.29. The molecule has 3 aromatic rings. The Balaban J connectivity index is 1.55. The summed E-state index contributed by atoms with van der Waals surface area (Å²) in [5.74, 6) is 0.352. The average molecular weight is 561 g/mol. The molecule has 0 saturated carbocycles. The van der Waals surface area contributed by atoms with Gasteiger partial charge >= 0.3 is 0 Å². The smallest absolute Gasteiger partial charge is 0.260 e. The zero-order valence-corrected chi connectivity index (χ0v) is 23.3. The van der Waals surface area contributed by atoms with E-state index in [9.17, 15) is 21.6 Å². The van der Waals surface area contributed by atoms with Crippen LogP contribution in [-0.4, -0.2) is 84.7 Å². The number of nitrogens with one attached hydrogen (secondary N) is 1. The highest BCUT2D eigenvalue weighted by atomic mass is 32.2. The number of aromatic nitrogens is 3. The fraction of sp³-hybridized carbons (Fsp3) is 0.480. The molecule has 0 aliphatic carbocycles. The van der Waals surface area contributed by atoms with Crippen LogP contribution in [0.2, 0.25) is 0 Å². The average Bonchev–Trinajstić information content (AvgIpc) is 3.35. The van der Waals surface area contributed by atoms with Crippen LogP contribution < -0.4 is 10.9 Å². The third-order valence-corrected chi connectivity index (χ3v) is 10.00. The molecule has 0 radical (unpaired) electrons. The van der Waals surface area contributed by atoms with Crippen LogP contribution in [0, 0.1) is 6.92 Å². The van der Waals surface area contributed by atoms with E-state index in [-0.39, 0.29) is 24.2 Å². The van der Waals surface area contributed by atoms with E-state index in [1.807, 2.05) is 31.2 Å². The molecule has 0 amide bonds. The van der Waals surface area contributed by atoms with Gasteiger partial charge in [0, 0.05) is 49.4 Å². The van der Waals surface area contributed by atoms with Crippen LogP contribution >= 0.6 is 0 Å². The summed E-state index contributed by atoms with van der Waals surface area (Å²) >= 11 is 0. The lowest BCUT2D eigenvalue weighted by molar-refractivity contribution is 0.331. The first-order valence-corrected chi connectivity index (χ1v) is 16.3. The van der Waals surface area contributed by atoms with Gasteiger partial charge in [0.2, 0.25) is 26.0 Å². The molecule has 2 fully saturated rings. The largest absolute Gasteiger partial charge is 0.351 e. The molecule has 13 heteroatoms. The fourth-order valence-corrected chi connectivity index (χ4v) is 7.09. The van der Waals surface area contributed by atoms with Gasteiger partial charge in [-0.2, -0.15) is 4.98 Å². The maximum absolute atomic E-state index is 14.0. The first-order chi connectivity index (χ1) is 17.9. The van der Waals surface area contributed by atoms with Crippen molar-refractivity contribution in [1.82, 2.24) is 23.1 Å². The predicted molar refractivity (Wildman–Crippen MR) is 147 cm³/mol. The van der Waals surface area contributed by atoms with E-state index >= 15 is 0 Å². The van der Waals surface area contributed by atoms with Crippen LogP contribution in [0.15, 0.2) is 41.3 Å². The van der Waals surface area contributed by atoms with E-state index in [2.05, 4.69) is 10.3 Å². The lowest BCUT2D eigenvalue weighted by Gasteiger charge is -2.30. The number of aryl methyl sites for hydroxylation is 1. The summed E-state index contributed by atoms with van der Waals surface area (Å²) in [6, 6.07) is 9.07. The molecule has 2 aromatic heterocycles. The zero-order valence-electron chi connectivity index (χ0n) is 21.7. The summed E-state index contributed by atoms with van der Waals surface area (Å²) in [4.78, 5) is 23.2. The number of piperidine rings is 1. The minimum absolute atomic E-state index is 0.0101. The normalized spacial score (nSPS) is 20.2. The summed E-state index contributed by atoms with van der Waals surface area (Å²) in [7, 11) is -6.62. The minimum atomic E-state index is -3.39. The lowest BCUT2D eigenvalue weighted by atomic mass is 10.0. The number of hydrogen-bond donors (Lipinski definition) is 1. The van der Waals surface area contributed by atoms with Crippen LogP contribution in [0.5, 0.6) is 0 Å². The number of sulfonamides is 2. The molecule has 1 aromatic carbocycles. The molecule has 4 heterocycles. The van der Waals surface area contributed by atoms with Crippen molar-refractivity contribution in [3.63, 3.8) is 0 Å². The van der Waals surface area contributed by atoms with Gasteiger partial charge in [-0.25, -0.2) is 30.4 Å². The van der Waals surface area contributed by atoms with E-state index in [0.29, 0.717) is 61.4 Å². The summed E-state index contributed by atoms with van der Waals surface area (Å²) in [5, 5.41) is 3.98. The molecular weight excluding hydrogens is 528 g/mol. The van der Waals surface area contributed by atoms with Gasteiger partial charge in [-0.3, -0.25) is 9.36 Å². The second-order valence-corrected chi connectivity index (χ2v) is 14.1. The Morgan fingerprint density at radius 1 is 0.921 bits per heavy atom. The maximum Gasteiger partial charge on any atom is 0.260 e. The number of benzene rings is 1. The second kappa shape index (κ2) is 10.0. The van der Waals surface area contributed by atoms with Gasteiger partial charge in [-0.15, -0.1) is 0 Å². The van der Waals surface area contributed by atoms with E-state index in [1.54, 1.807) is 16.8 Å². The van der Waals surface area contributed by atoms with Crippen LogP contribution in [0.25, 0.3) is 22.2 Å². The number of fused-ring (bicyclic) bond motifs is 1. The van der Waals surface area contributed by atoms with Gasteiger partial charge in [0.15, 0.2) is 0 Å². The van der Waals surface area contributed by atoms with E-state index in [1.165, 1.54) is 21.1 Å². The Hall–Kier alpha value is -2.87. The lowest BCUT2D eigenvalue weighted by Crippen LogP contribution is -2.42. The molecule has 0 unspecified atom stereocenters. The van der Waals surface area contributed by atoms with Crippen molar-refractivity contribution in [2.24, 2.45) is 0 Å². The van der Waals surface area contributed by atoms with Crippen molar-refractivity contribution in [1.29, 1.82) is 0 Å². The summed E-state index contributed by atoms with van der Waals surface area (Å²) < 4.78 is 52.6.